The van der Waals surface area contributed by atoms with Gasteiger partial charge in [0, 0.05) is 0 Å². The summed E-state index contributed by atoms with van der Waals surface area (Å²) in [5.41, 5.74) is 2.82. The second-order valence-electron chi connectivity index (χ2n) is 5.61. The van der Waals surface area contributed by atoms with Crippen LogP contribution in [0.4, 0.5) is 0 Å². The number of carbonyl (C=O) groups excluding carboxylic acids is 1. The van der Waals surface area contributed by atoms with Crippen molar-refractivity contribution in [3.8, 4) is 0 Å². The molecule has 0 spiro atoms. The number of carbonyl (C=O) groups is 1. The van der Waals surface area contributed by atoms with E-state index in [9.17, 15) is 4.79 Å². The fourth-order valence-electron chi connectivity index (χ4n) is 2.72. The number of amides is 1. The van der Waals surface area contributed by atoms with Gasteiger partial charge in [0.05, 0.1) is 34.1 Å². The van der Waals surface area contributed by atoms with Crippen LogP contribution in [0.1, 0.15) is 18.0 Å². The van der Waals surface area contributed by atoms with Crippen LogP contribution in [0.25, 0.3) is 21.3 Å². The molecule has 0 bridgehead atoms. The summed E-state index contributed by atoms with van der Waals surface area (Å²) in [7, 11) is 0. The van der Waals surface area contributed by atoms with Gasteiger partial charge in [-0.2, -0.15) is 0 Å². The molecule has 2 heterocycles. The Labute approximate surface area is 143 Å². The first-order valence-electron chi connectivity index (χ1n) is 7.76. The molecule has 1 N–H and O–H groups in total. The van der Waals surface area contributed by atoms with Gasteiger partial charge in [0.1, 0.15) is 11.0 Å². The van der Waals surface area contributed by atoms with E-state index in [0.717, 1.165) is 26.3 Å². The van der Waals surface area contributed by atoms with Crippen LogP contribution in [-0.4, -0.2) is 20.4 Å². The van der Waals surface area contributed by atoms with Crippen LogP contribution in [-0.2, 0) is 11.3 Å². The Morgan fingerprint density at radius 2 is 1.92 bits per heavy atom. The molecule has 0 radical (unpaired) electrons. The highest BCUT2D eigenvalue weighted by Crippen LogP contribution is 2.22. The predicted molar refractivity (Wildman–Crippen MR) is 95.9 cm³/mol. The van der Waals surface area contributed by atoms with Crippen molar-refractivity contribution in [2.45, 2.75) is 19.5 Å². The zero-order valence-electron chi connectivity index (χ0n) is 13.1. The lowest BCUT2D eigenvalue weighted by molar-refractivity contribution is -0.123. The number of hydrogen-bond acceptors (Lipinski definition) is 4. The van der Waals surface area contributed by atoms with Gasteiger partial charge in [-0.05, 0) is 31.2 Å². The number of nitrogens with one attached hydrogen (secondary N) is 1. The lowest BCUT2D eigenvalue weighted by atomic mass is 10.2. The molecule has 5 nitrogen and oxygen atoms in total. The van der Waals surface area contributed by atoms with Gasteiger partial charge in [0.15, 0.2) is 0 Å². The van der Waals surface area contributed by atoms with E-state index in [1.54, 1.807) is 17.7 Å². The number of nitrogens with zero attached hydrogens (tertiary/aromatic N) is 3. The molecule has 2 aromatic carbocycles. The second-order valence-corrected chi connectivity index (χ2v) is 6.72. The Bertz CT molecular complexity index is 987. The van der Waals surface area contributed by atoms with Crippen LogP contribution in [0.2, 0.25) is 0 Å². The summed E-state index contributed by atoms with van der Waals surface area (Å²) < 4.78 is 3.03. The van der Waals surface area contributed by atoms with E-state index in [0.29, 0.717) is 6.54 Å². The van der Waals surface area contributed by atoms with E-state index in [2.05, 4.69) is 15.3 Å². The molecule has 4 aromatic rings. The molecule has 1 atom stereocenters. The third-order valence-corrected chi connectivity index (χ3v) is 5.07. The number of thiazole rings is 1. The monoisotopic (exact) mass is 336 g/mol. The normalized spacial score (nSPS) is 12.5. The minimum absolute atomic E-state index is 0.0441. The molecule has 24 heavy (non-hydrogen) atoms. The van der Waals surface area contributed by atoms with Gasteiger partial charge in [-0.3, -0.25) is 4.79 Å². The number of para-hydroxylation sites is 3. The minimum atomic E-state index is -0.327. The molecule has 0 aliphatic carbocycles. The molecule has 0 aliphatic rings. The number of rotatable bonds is 4. The van der Waals surface area contributed by atoms with Gasteiger partial charge >= 0.3 is 0 Å². The summed E-state index contributed by atoms with van der Waals surface area (Å²) in [5.74, 6) is -0.0441. The first-order chi connectivity index (χ1) is 11.7. The molecule has 0 saturated heterocycles. The fraction of sp³-hybridized carbons (Fsp3) is 0.167. The van der Waals surface area contributed by atoms with Gasteiger partial charge < -0.3 is 9.88 Å². The van der Waals surface area contributed by atoms with Crippen LogP contribution >= 0.6 is 11.3 Å². The summed E-state index contributed by atoms with van der Waals surface area (Å²) in [6, 6.07) is 15.5. The first-order valence-corrected chi connectivity index (χ1v) is 8.58. The van der Waals surface area contributed by atoms with Crippen LogP contribution < -0.4 is 5.32 Å². The molecule has 120 valence electrons. The summed E-state index contributed by atoms with van der Waals surface area (Å²) in [6.07, 6.45) is 1.71. The van der Waals surface area contributed by atoms with Gasteiger partial charge in [0.25, 0.3) is 0 Å². The predicted octanol–water partition coefficient (Wildman–Crippen LogP) is 3.52. The highest BCUT2D eigenvalue weighted by atomic mass is 32.1. The smallest absolute Gasteiger partial charge is 0.243 e. The number of imidazole rings is 1. The minimum Gasteiger partial charge on any atom is -0.348 e. The van der Waals surface area contributed by atoms with Crippen LogP contribution in [0.15, 0.2) is 54.9 Å². The highest BCUT2D eigenvalue weighted by molar-refractivity contribution is 7.18. The zero-order valence-corrected chi connectivity index (χ0v) is 14.0. The molecular weight excluding hydrogens is 320 g/mol. The maximum atomic E-state index is 12.5. The van der Waals surface area contributed by atoms with Gasteiger partial charge in [-0.1, -0.05) is 24.3 Å². The summed E-state index contributed by atoms with van der Waals surface area (Å²) in [5, 5.41) is 3.88. The lowest BCUT2D eigenvalue weighted by Gasteiger charge is -2.14. The van der Waals surface area contributed by atoms with Crippen LogP contribution in [0.5, 0.6) is 0 Å². The summed E-state index contributed by atoms with van der Waals surface area (Å²) in [4.78, 5) is 21.4. The standard InChI is InChI=1S/C18H16N4OS/c1-12(22-11-20-13-6-2-4-8-15(13)22)18(23)19-10-17-21-14-7-3-5-9-16(14)24-17/h2-9,11-12H,10H2,1H3,(H,19,23). The Balaban J connectivity index is 1.49. The van der Waals surface area contributed by atoms with Crippen LogP contribution in [0.3, 0.4) is 0 Å². The maximum absolute atomic E-state index is 12.5. The van der Waals surface area contributed by atoms with E-state index >= 15 is 0 Å². The van der Waals surface area contributed by atoms with E-state index in [1.165, 1.54) is 0 Å². The molecule has 0 aliphatic heterocycles. The quantitative estimate of drug-likeness (QED) is 0.620. The summed E-state index contributed by atoms with van der Waals surface area (Å²) >= 11 is 1.61. The largest absolute Gasteiger partial charge is 0.348 e. The van der Waals surface area contributed by atoms with Crippen molar-refractivity contribution in [1.82, 2.24) is 19.9 Å². The Morgan fingerprint density at radius 1 is 1.17 bits per heavy atom. The fourth-order valence-corrected chi connectivity index (χ4v) is 3.63. The number of hydrogen-bond donors (Lipinski definition) is 1. The van der Waals surface area contributed by atoms with E-state index in [-0.39, 0.29) is 11.9 Å². The maximum Gasteiger partial charge on any atom is 0.243 e. The SMILES string of the molecule is CC(C(=O)NCc1nc2ccccc2s1)n1cnc2ccccc21. The van der Waals surface area contributed by atoms with Crippen molar-refractivity contribution in [3.63, 3.8) is 0 Å². The van der Waals surface area contributed by atoms with Crippen molar-refractivity contribution in [3.05, 3.63) is 59.9 Å². The zero-order chi connectivity index (χ0) is 16.5. The van der Waals surface area contributed by atoms with Crippen molar-refractivity contribution in [1.29, 1.82) is 0 Å². The third kappa shape index (κ3) is 2.65. The molecule has 0 saturated carbocycles. The van der Waals surface area contributed by atoms with E-state index in [4.69, 9.17) is 0 Å². The molecule has 1 amide bonds. The topological polar surface area (TPSA) is 59.8 Å². The van der Waals surface area contributed by atoms with Crippen molar-refractivity contribution >= 4 is 38.5 Å². The van der Waals surface area contributed by atoms with Crippen molar-refractivity contribution < 1.29 is 4.79 Å². The molecule has 1 unspecified atom stereocenters. The molecule has 0 fully saturated rings. The molecule has 2 aromatic heterocycles. The van der Waals surface area contributed by atoms with E-state index in [1.807, 2.05) is 60.0 Å². The number of aromatic nitrogens is 3. The lowest BCUT2D eigenvalue weighted by Crippen LogP contribution is -2.30. The molecule has 4 rings (SSSR count). The van der Waals surface area contributed by atoms with Gasteiger partial charge in [-0.15, -0.1) is 11.3 Å². The van der Waals surface area contributed by atoms with Gasteiger partial charge in [0.2, 0.25) is 5.91 Å². The third-order valence-electron chi connectivity index (χ3n) is 4.03. The first kappa shape index (κ1) is 14.8. The molecular formula is C18H16N4OS. The Morgan fingerprint density at radius 3 is 2.75 bits per heavy atom. The number of benzene rings is 2. The van der Waals surface area contributed by atoms with E-state index < -0.39 is 0 Å². The van der Waals surface area contributed by atoms with Gasteiger partial charge in [-0.25, -0.2) is 9.97 Å². The van der Waals surface area contributed by atoms with Crippen LogP contribution in [0, 0.1) is 0 Å². The summed E-state index contributed by atoms with van der Waals surface area (Å²) in [6.45, 7) is 2.32. The molecule has 6 heteroatoms. The Kier molecular flexibility index (Phi) is 3.74. The van der Waals surface area contributed by atoms with Crippen molar-refractivity contribution in [2.24, 2.45) is 0 Å². The number of fused-ring (bicyclic) bond motifs is 2. The average Bonchev–Trinajstić information content (AvgIpc) is 3.22. The average molecular weight is 336 g/mol. The Hall–Kier alpha value is -2.73. The second kappa shape index (κ2) is 6.05. The van der Waals surface area contributed by atoms with Crippen molar-refractivity contribution in [2.75, 3.05) is 0 Å². The highest BCUT2D eigenvalue weighted by Gasteiger charge is 2.17.